The van der Waals surface area contributed by atoms with Crippen LogP contribution in [0.25, 0.3) is 0 Å². The van der Waals surface area contributed by atoms with Gasteiger partial charge in [0.05, 0.1) is 26.2 Å². The summed E-state index contributed by atoms with van der Waals surface area (Å²) in [6, 6.07) is 10.5. The highest BCUT2D eigenvalue weighted by molar-refractivity contribution is 7.92. The monoisotopic (exact) mass is 464 g/mol. The maximum atomic E-state index is 12.6. The fourth-order valence-corrected chi connectivity index (χ4v) is 4.39. The van der Waals surface area contributed by atoms with E-state index in [9.17, 15) is 13.2 Å². The van der Waals surface area contributed by atoms with Gasteiger partial charge in [0.25, 0.3) is 0 Å². The summed E-state index contributed by atoms with van der Waals surface area (Å²) < 4.78 is 47.1. The quantitative estimate of drug-likeness (QED) is 0.533. The average Bonchev–Trinajstić information content (AvgIpc) is 3.23. The zero-order chi connectivity index (χ0) is 23.3. The summed E-state index contributed by atoms with van der Waals surface area (Å²) in [5.74, 6) is 2.21. The third kappa shape index (κ3) is 5.56. The lowest BCUT2D eigenvalue weighted by molar-refractivity contribution is -0.130. The molecule has 0 N–H and O–H groups in total. The van der Waals surface area contributed by atoms with Crippen molar-refractivity contribution in [3.63, 3.8) is 0 Å². The van der Waals surface area contributed by atoms with Gasteiger partial charge in [0.2, 0.25) is 22.7 Å². The van der Waals surface area contributed by atoms with E-state index >= 15 is 0 Å². The topological polar surface area (TPSA) is 94.6 Å². The number of nitrogens with zero attached hydrogens (tertiary/aromatic N) is 2. The third-order valence-electron chi connectivity index (χ3n) is 5.09. The fourth-order valence-electron chi connectivity index (χ4n) is 3.43. The van der Waals surface area contributed by atoms with Crippen molar-refractivity contribution in [1.82, 2.24) is 4.90 Å². The van der Waals surface area contributed by atoms with Crippen molar-refractivity contribution in [2.75, 3.05) is 45.2 Å². The first-order valence-corrected chi connectivity index (χ1v) is 11.9. The van der Waals surface area contributed by atoms with Crippen molar-refractivity contribution in [3.05, 3.63) is 42.0 Å². The number of methoxy groups -OCH3 is 2. The zero-order valence-corrected chi connectivity index (χ0v) is 19.5. The number of anilines is 1. The molecule has 0 unspecified atom stereocenters. The van der Waals surface area contributed by atoms with Crippen LogP contribution in [0, 0.1) is 0 Å². The van der Waals surface area contributed by atoms with E-state index in [1.807, 2.05) is 12.1 Å². The lowest BCUT2D eigenvalue weighted by atomic mass is 10.1. The number of rotatable bonds is 10. The summed E-state index contributed by atoms with van der Waals surface area (Å²) in [4.78, 5) is 14.2. The van der Waals surface area contributed by atoms with Crippen molar-refractivity contribution < 1.29 is 32.2 Å². The highest BCUT2D eigenvalue weighted by Gasteiger charge is 2.22. The lowest BCUT2D eigenvalue weighted by Gasteiger charge is -2.23. The molecule has 9 nitrogen and oxygen atoms in total. The van der Waals surface area contributed by atoms with Crippen molar-refractivity contribution in [2.24, 2.45) is 0 Å². The van der Waals surface area contributed by atoms with Crippen molar-refractivity contribution in [1.29, 1.82) is 0 Å². The minimum Gasteiger partial charge on any atom is -0.493 e. The minimum atomic E-state index is -3.53. The van der Waals surface area contributed by atoms with Crippen molar-refractivity contribution in [3.8, 4) is 23.0 Å². The summed E-state index contributed by atoms with van der Waals surface area (Å²) in [5, 5.41) is 0. The van der Waals surface area contributed by atoms with Gasteiger partial charge < -0.3 is 23.8 Å². The first-order chi connectivity index (χ1) is 15.2. The van der Waals surface area contributed by atoms with Gasteiger partial charge in [-0.05, 0) is 36.2 Å². The number of hydrogen-bond donors (Lipinski definition) is 0. The Morgan fingerprint density at radius 3 is 2.44 bits per heavy atom. The van der Waals surface area contributed by atoms with Gasteiger partial charge in [-0.15, -0.1) is 0 Å². The lowest BCUT2D eigenvalue weighted by Crippen LogP contribution is -2.32. The van der Waals surface area contributed by atoms with Crippen LogP contribution >= 0.6 is 0 Å². The molecule has 1 amide bonds. The molecule has 0 saturated carbocycles. The van der Waals surface area contributed by atoms with Crippen LogP contribution in [0.1, 0.15) is 18.4 Å². The largest absolute Gasteiger partial charge is 0.493 e. The van der Waals surface area contributed by atoms with Crippen LogP contribution in [0.3, 0.4) is 0 Å². The summed E-state index contributed by atoms with van der Waals surface area (Å²) in [7, 11) is 1.31. The van der Waals surface area contributed by atoms with E-state index in [1.54, 1.807) is 50.4 Å². The van der Waals surface area contributed by atoms with E-state index in [4.69, 9.17) is 18.9 Å². The average molecular weight is 465 g/mol. The summed E-state index contributed by atoms with van der Waals surface area (Å²) >= 11 is 0. The SMILES string of the molecule is COc1ccc(CN(C)C(=O)CCCN(c2ccc3c(c2)OCO3)S(C)(=O)=O)cc1OC. The molecular weight excluding hydrogens is 436 g/mol. The molecule has 2 aromatic carbocycles. The standard InChI is InChI=1S/C22H28N2O7S/c1-23(14-16-7-9-18(28-2)20(12-16)29-3)22(25)6-5-11-24(32(4,26)27)17-8-10-19-21(13-17)31-15-30-19/h7-10,12-13H,5-6,11,14-15H2,1-4H3. The Morgan fingerprint density at radius 1 is 1.03 bits per heavy atom. The number of carbonyl (C=O) groups is 1. The van der Waals surface area contributed by atoms with Gasteiger partial charge >= 0.3 is 0 Å². The molecule has 0 fully saturated rings. The fraction of sp³-hybridized carbons (Fsp3) is 0.409. The summed E-state index contributed by atoms with van der Waals surface area (Å²) in [6.45, 7) is 0.685. The number of hydrogen-bond acceptors (Lipinski definition) is 7. The van der Waals surface area contributed by atoms with Gasteiger partial charge in [0.15, 0.2) is 23.0 Å². The first kappa shape index (κ1) is 23.5. The molecule has 174 valence electrons. The number of fused-ring (bicyclic) bond motifs is 1. The highest BCUT2D eigenvalue weighted by Crippen LogP contribution is 2.36. The predicted molar refractivity (Wildman–Crippen MR) is 120 cm³/mol. The molecule has 0 aliphatic carbocycles. The van der Waals surface area contributed by atoms with Gasteiger partial charge in [0.1, 0.15) is 0 Å². The number of amides is 1. The molecule has 1 aliphatic heterocycles. The maximum absolute atomic E-state index is 12.6. The van der Waals surface area contributed by atoms with Crippen LogP contribution in [0.15, 0.2) is 36.4 Å². The number of benzene rings is 2. The van der Waals surface area contributed by atoms with Gasteiger partial charge in [-0.25, -0.2) is 8.42 Å². The smallest absolute Gasteiger partial charge is 0.232 e. The second-order valence-electron chi connectivity index (χ2n) is 7.42. The molecule has 32 heavy (non-hydrogen) atoms. The molecule has 0 radical (unpaired) electrons. The molecule has 1 heterocycles. The number of sulfonamides is 1. The molecule has 10 heteroatoms. The van der Waals surface area contributed by atoms with Crippen LogP contribution < -0.4 is 23.3 Å². The van der Waals surface area contributed by atoms with Gasteiger partial charge in [-0.3, -0.25) is 9.10 Å². The van der Waals surface area contributed by atoms with Crippen LogP contribution in [0.5, 0.6) is 23.0 Å². The predicted octanol–water partition coefficient (Wildman–Crippen LogP) is 2.64. The highest BCUT2D eigenvalue weighted by atomic mass is 32.2. The number of carbonyl (C=O) groups excluding carboxylic acids is 1. The van der Waals surface area contributed by atoms with Crippen LogP contribution in [0.2, 0.25) is 0 Å². The Balaban J connectivity index is 1.59. The van der Waals surface area contributed by atoms with Crippen LogP contribution in [0.4, 0.5) is 5.69 Å². The van der Waals surface area contributed by atoms with E-state index in [0.717, 1.165) is 11.8 Å². The summed E-state index contributed by atoms with van der Waals surface area (Å²) in [5.41, 5.74) is 1.37. The third-order valence-corrected chi connectivity index (χ3v) is 6.28. The Morgan fingerprint density at radius 2 is 1.75 bits per heavy atom. The van der Waals surface area contributed by atoms with Gasteiger partial charge in [-0.1, -0.05) is 6.07 Å². The van der Waals surface area contributed by atoms with E-state index in [1.165, 1.54) is 4.31 Å². The second-order valence-corrected chi connectivity index (χ2v) is 9.32. The van der Waals surface area contributed by atoms with Gasteiger partial charge in [-0.2, -0.15) is 0 Å². The van der Waals surface area contributed by atoms with Crippen LogP contribution in [-0.4, -0.2) is 60.1 Å². The minimum absolute atomic E-state index is 0.0843. The van der Waals surface area contributed by atoms with Gasteiger partial charge in [0, 0.05) is 32.6 Å². The second kappa shape index (κ2) is 9.99. The Hall–Kier alpha value is -3.14. The first-order valence-electron chi connectivity index (χ1n) is 10.0. The Kier molecular flexibility index (Phi) is 7.34. The number of ether oxygens (including phenoxy) is 4. The molecular formula is C22H28N2O7S. The zero-order valence-electron chi connectivity index (χ0n) is 18.7. The summed E-state index contributed by atoms with van der Waals surface area (Å²) in [6.07, 6.45) is 1.72. The van der Waals surface area contributed by atoms with Crippen LogP contribution in [-0.2, 0) is 21.4 Å². The molecule has 2 aromatic rings. The maximum Gasteiger partial charge on any atom is 0.232 e. The normalized spacial score (nSPS) is 12.4. The Bertz CT molecular complexity index is 1070. The molecule has 0 saturated heterocycles. The molecule has 3 rings (SSSR count). The molecule has 1 aliphatic rings. The molecule has 0 bridgehead atoms. The van der Waals surface area contributed by atoms with E-state index < -0.39 is 10.0 Å². The van der Waals surface area contributed by atoms with Crippen molar-refractivity contribution >= 4 is 21.6 Å². The molecule has 0 aromatic heterocycles. The van der Waals surface area contributed by atoms with E-state index in [-0.39, 0.29) is 25.7 Å². The van der Waals surface area contributed by atoms with E-state index in [0.29, 0.717) is 41.7 Å². The van der Waals surface area contributed by atoms with E-state index in [2.05, 4.69) is 0 Å². The molecule has 0 atom stereocenters. The Labute approximate surface area is 188 Å². The molecule has 0 spiro atoms. The van der Waals surface area contributed by atoms with Crippen molar-refractivity contribution in [2.45, 2.75) is 19.4 Å².